The Morgan fingerprint density at radius 1 is 1.50 bits per heavy atom. The molecule has 0 amide bonds. The number of nitrogens with zero attached hydrogens (tertiary/aromatic N) is 3. The highest BCUT2D eigenvalue weighted by atomic mass is 79.9. The van der Waals surface area contributed by atoms with Gasteiger partial charge in [-0.05, 0) is 15.9 Å². The van der Waals surface area contributed by atoms with Crippen molar-refractivity contribution in [2.24, 2.45) is 0 Å². The van der Waals surface area contributed by atoms with E-state index in [0.29, 0.717) is 21.8 Å². The lowest BCUT2D eigenvalue weighted by molar-refractivity contribution is 0.277. The third-order valence-electron chi connectivity index (χ3n) is 1.78. The summed E-state index contributed by atoms with van der Waals surface area (Å²) in [6, 6.07) is 0. The summed E-state index contributed by atoms with van der Waals surface area (Å²) in [5.41, 5.74) is 1.18. The molecule has 0 saturated carbocycles. The zero-order chi connectivity index (χ0) is 10.1. The number of hydrogen-bond acceptors (Lipinski definition) is 4. The molecule has 0 atom stereocenters. The third-order valence-corrected chi connectivity index (χ3v) is 2.16. The third kappa shape index (κ3) is 1.46. The summed E-state index contributed by atoms with van der Waals surface area (Å²) in [7, 11) is 1.53. The number of aliphatic hydroxyl groups excluding tert-OH is 1. The van der Waals surface area contributed by atoms with Crippen molar-refractivity contribution in [1.82, 2.24) is 14.4 Å². The first-order chi connectivity index (χ1) is 6.74. The monoisotopic (exact) mass is 257 g/mol. The second kappa shape index (κ2) is 3.55. The first kappa shape index (κ1) is 9.42. The minimum atomic E-state index is -0.0948. The summed E-state index contributed by atoms with van der Waals surface area (Å²) in [6.07, 6.45) is 3.48. The molecule has 2 aromatic rings. The van der Waals surface area contributed by atoms with Crippen LogP contribution in [0.5, 0.6) is 5.88 Å². The molecule has 5 nitrogen and oxygen atoms in total. The van der Waals surface area contributed by atoms with Crippen LogP contribution in [0.25, 0.3) is 5.65 Å². The number of ether oxygens (including phenoxy) is 1. The summed E-state index contributed by atoms with van der Waals surface area (Å²) in [4.78, 5) is 8.24. The second-order valence-electron chi connectivity index (χ2n) is 2.69. The van der Waals surface area contributed by atoms with E-state index in [1.165, 1.54) is 7.11 Å². The molecule has 0 spiro atoms. The SMILES string of the molecule is COc1nc(Br)cn2cc(CO)nc12. The second-order valence-corrected chi connectivity index (χ2v) is 3.51. The molecule has 0 unspecified atom stereocenters. The molecule has 1 N–H and O–H groups in total. The number of methoxy groups -OCH3 is 1. The Morgan fingerprint density at radius 2 is 2.29 bits per heavy atom. The number of aromatic nitrogens is 3. The summed E-state index contributed by atoms with van der Waals surface area (Å²) in [5.74, 6) is 0.430. The summed E-state index contributed by atoms with van der Waals surface area (Å²) in [6.45, 7) is -0.0948. The lowest BCUT2D eigenvalue weighted by atomic mass is 10.5. The predicted molar refractivity (Wildman–Crippen MR) is 53.2 cm³/mol. The van der Waals surface area contributed by atoms with Crippen LogP contribution in [-0.4, -0.2) is 26.6 Å². The number of rotatable bonds is 2. The summed E-state index contributed by atoms with van der Waals surface area (Å²) >= 11 is 3.25. The van der Waals surface area contributed by atoms with Crippen LogP contribution in [-0.2, 0) is 6.61 Å². The fraction of sp³-hybridized carbons (Fsp3) is 0.250. The van der Waals surface area contributed by atoms with Crippen LogP contribution in [0.15, 0.2) is 17.0 Å². The smallest absolute Gasteiger partial charge is 0.259 e. The number of imidazole rings is 1. The standard InChI is InChI=1S/C8H8BrN3O2/c1-14-8-7-10-5(4-13)2-12(7)3-6(9)11-8/h2-3,13H,4H2,1H3. The van der Waals surface area contributed by atoms with Gasteiger partial charge >= 0.3 is 0 Å². The molecule has 74 valence electrons. The lowest BCUT2D eigenvalue weighted by Crippen LogP contribution is -1.94. The van der Waals surface area contributed by atoms with Crippen molar-refractivity contribution >= 4 is 21.6 Å². The molecule has 0 saturated heterocycles. The minimum absolute atomic E-state index is 0.0948. The quantitative estimate of drug-likeness (QED) is 0.872. The molecule has 0 aliphatic heterocycles. The van der Waals surface area contributed by atoms with Crippen molar-refractivity contribution < 1.29 is 9.84 Å². The van der Waals surface area contributed by atoms with Gasteiger partial charge in [-0.15, -0.1) is 0 Å². The van der Waals surface area contributed by atoms with Crippen molar-refractivity contribution in [3.8, 4) is 5.88 Å². The van der Waals surface area contributed by atoms with Gasteiger partial charge in [0.25, 0.3) is 5.88 Å². The largest absolute Gasteiger partial charge is 0.478 e. The van der Waals surface area contributed by atoms with Gasteiger partial charge in [0.05, 0.1) is 19.4 Å². The molecule has 6 heteroatoms. The Bertz CT molecular complexity index is 469. The number of aliphatic hydroxyl groups is 1. The molecular weight excluding hydrogens is 250 g/mol. The highest BCUT2D eigenvalue weighted by molar-refractivity contribution is 9.10. The maximum absolute atomic E-state index is 8.92. The van der Waals surface area contributed by atoms with Crippen LogP contribution in [0.4, 0.5) is 0 Å². The molecule has 14 heavy (non-hydrogen) atoms. The van der Waals surface area contributed by atoms with Gasteiger partial charge in [-0.1, -0.05) is 0 Å². The summed E-state index contributed by atoms with van der Waals surface area (Å²) in [5, 5.41) is 8.92. The van der Waals surface area contributed by atoms with E-state index in [1.807, 2.05) is 0 Å². The van der Waals surface area contributed by atoms with E-state index in [1.54, 1.807) is 16.8 Å². The van der Waals surface area contributed by atoms with Gasteiger partial charge in [-0.2, -0.15) is 0 Å². The van der Waals surface area contributed by atoms with Crippen LogP contribution in [0.3, 0.4) is 0 Å². The lowest BCUT2D eigenvalue weighted by Gasteiger charge is -2.00. The first-order valence-corrected chi connectivity index (χ1v) is 4.73. The molecule has 2 heterocycles. The Hall–Kier alpha value is -1.14. The molecule has 0 aliphatic carbocycles. The molecule has 0 aromatic carbocycles. The average Bonchev–Trinajstić information content (AvgIpc) is 2.59. The van der Waals surface area contributed by atoms with Gasteiger partial charge in [0.2, 0.25) is 5.65 Å². The van der Waals surface area contributed by atoms with Crippen molar-refractivity contribution in [2.45, 2.75) is 6.61 Å². The fourth-order valence-electron chi connectivity index (χ4n) is 1.20. The molecule has 2 aromatic heterocycles. The van der Waals surface area contributed by atoms with E-state index < -0.39 is 0 Å². The number of halogens is 1. The van der Waals surface area contributed by atoms with Gasteiger partial charge < -0.3 is 9.84 Å². The van der Waals surface area contributed by atoms with Crippen molar-refractivity contribution in [3.63, 3.8) is 0 Å². The van der Waals surface area contributed by atoms with E-state index in [-0.39, 0.29) is 6.61 Å². The zero-order valence-corrected chi connectivity index (χ0v) is 9.02. The van der Waals surface area contributed by atoms with Gasteiger partial charge in [0, 0.05) is 12.4 Å². The van der Waals surface area contributed by atoms with Crippen molar-refractivity contribution in [2.75, 3.05) is 7.11 Å². The van der Waals surface area contributed by atoms with Gasteiger partial charge in [0.15, 0.2) is 0 Å². The molecule has 0 radical (unpaired) electrons. The van der Waals surface area contributed by atoms with Crippen molar-refractivity contribution in [3.05, 3.63) is 22.7 Å². The van der Waals surface area contributed by atoms with E-state index in [0.717, 1.165) is 0 Å². The predicted octanol–water partition coefficient (Wildman–Crippen LogP) is 0.993. The highest BCUT2D eigenvalue weighted by Crippen LogP contribution is 2.19. The summed E-state index contributed by atoms with van der Waals surface area (Å²) < 4.78 is 7.47. The Labute approximate surface area is 88.5 Å². The van der Waals surface area contributed by atoms with Crippen LogP contribution in [0.1, 0.15) is 5.69 Å². The van der Waals surface area contributed by atoms with Crippen LogP contribution in [0.2, 0.25) is 0 Å². The van der Waals surface area contributed by atoms with Gasteiger partial charge in [-0.25, -0.2) is 9.97 Å². The molecule has 0 aliphatic rings. The van der Waals surface area contributed by atoms with Crippen LogP contribution in [0, 0.1) is 0 Å². The first-order valence-electron chi connectivity index (χ1n) is 3.93. The Morgan fingerprint density at radius 3 is 2.93 bits per heavy atom. The minimum Gasteiger partial charge on any atom is -0.478 e. The molecule has 0 bridgehead atoms. The normalized spacial score (nSPS) is 10.8. The fourth-order valence-corrected chi connectivity index (χ4v) is 1.59. The topological polar surface area (TPSA) is 59.7 Å². The molecule has 0 fully saturated rings. The Kier molecular flexibility index (Phi) is 2.39. The maximum Gasteiger partial charge on any atom is 0.259 e. The van der Waals surface area contributed by atoms with E-state index in [9.17, 15) is 0 Å². The Balaban J connectivity index is 2.71. The van der Waals surface area contributed by atoms with E-state index in [4.69, 9.17) is 9.84 Å². The molecule has 2 rings (SSSR count). The van der Waals surface area contributed by atoms with E-state index in [2.05, 4.69) is 25.9 Å². The molecular formula is C8H8BrN3O2. The number of hydrogen-bond donors (Lipinski definition) is 1. The van der Waals surface area contributed by atoms with E-state index >= 15 is 0 Å². The number of fused-ring (bicyclic) bond motifs is 1. The van der Waals surface area contributed by atoms with Crippen LogP contribution >= 0.6 is 15.9 Å². The zero-order valence-electron chi connectivity index (χ0n) is 7.44. The average molecular weight is 258 g/mol. The van der Waals surface area contributed by atoms with Gasteiger partial charge in [0.1, 0.15) is 4.60 Å². The van der Waals surface area contributed by atoms with Crippen LogP contribution < -0.4 is 4.74 Å². The van der Waals surface area contributed by atoms with Crippen molar-refractivity contribution in [1.29, 1.82) is 0 Å². The highest BCUT2D eigenvalue weighted by Gasteiger charge is 2.08. The maximum atomic E-state index is 8.92. The van der Waals surface area contributed by atoms with Gasteiger partial charge in [-0.3, -0.25) is 4.40 Å².